The molecule has 0 aliphatic heterocycles. The largest absolute Gasteiger partial charge is 0.341 e. The van der Waals surface area contributed by atoms with Gasteiger partial charge < -0.3 is 0 Å². The van der Waals surface area contributed by atoms with E-state index in [1.807, 2.05) is 0 Å². The maximum atomic E-state index is 5.70. The van der Waals surface area contributed by atoms with E-state index in [0.717, 1.165) is 18.9 Å². The number of alkyl halides is 1. The van der Waals surface area contributed by atoms with E-state index in [1.54, 1.807) is 0 Å². The zero-order valence-corrected chi connectivity index (χ0v) is 10.4. The first kappa shape index (κ1) is 12.4. The Morgan fingerprint density at radius 1 is 1.27 bits per heavy atom. The topological polar surface area (TPSA) is 0 Å². The van der Waals surface area contributed by atoms with Gasteiger partial charge in [0.15, 0.2) is 0 Å². The number of halogens is 4. The van der Waals surface area contributed by atoms with Crippen LogP contribution in [0.5, 0.6) is 0 Å². The summed E-state index contributed by atoms with van der Waals surface area (Å²) in [7, 11) is 0. The lowest BCUT2D eigenvalue weighted by Crippen LogP contribution is -2.09. The third kappa shape index (κ3) is 9.29. The minimum Gasteiger partial charge on any atom is -0.126 e. The Balaban J connectivity index is 3.28. The van der Waals surface area contributed by atoms with Crippen molar-refractivity contribution in [2.45, 2.75) is 25.8 Å². The first-order chi connectivity index (χ1) is 4.95. The van der Waals surface area contributed by atoms with E-state index in [4.69, 9.17) is 44.8 Å². The van der Waals surface area contributed by atoms with Crippen molar-refractivity contribution in [3.8, 4) is 0 Å². The highest BCUT2D eigenvalue weighted by molar-refractivity contribution is 7.64. The Morgan fingerprint density at radius 3 is 2.18 bits per heavy atom. The summed E-state index contributed by atoms with van der Waals surface area (Å²) in [4.78, 5) is 0. The maximum absolute atomic E-state index is 5.70. The highest BCUT2D eigenvalue weighted by Crippen LogP contribution is 2.28. The second-order valence-electron chi connectivity index (χ2n) is 2.77. The summed E-state index contributed by atoms with van der Waals surface area (Å²) in [6.07, 6.45) is 2.04. The fraction of sp³-hybridized carbons (Fsp3) is 1.00. The lowest BCUT2D eigenvalue weighted by molar-refractivity contribution is 0.581. The predicted octanol–water partition coefficient (Wildman–Crippen LogP) is 4.30. The Labute approximate surface area is 88.3 Å². The molecule has 0 rings (SSSR count). The van der Waals surface area contributed by atoms with Crippen LogP contribution >= 0.6 is 44.8 Å². The normalized spacial score (nSPS) is 15.0. The second kappa shape index (κ2) is 5.93. The van der Waals surface area contributed by atoms with Gasteiger partial charge in [-0.15, -0.1) is 44.8 Å². The van der Waals surface area contributed by atoms with Gasteiger partial charge in [0.2, 0.25) is 0 Å². The highest BCUT2D eigenvalue weighted by Gasteiger charge is 2.23. The van der Waals surface area contributed by atoms with Crippen LogP contribution in [0.25, 0.3) is 0 Å². The summed E-state index contributed by atoms with van der Waals surface area (Å²) in [6.45, 7) is 2.10. The van der Waals surface area contributed by atoms with Crippen LogP contribution in [0.2, 0.25) is 6.04 Å². The smallest absolute Gasteiger partial charge is 0.126 e. The van der Waals surface area contributed by atoms with Crippen LogP contribution in [0, 0.1) is 5.92 Å². The summed E-state index contributed by atoms with van der Waals surface area (Å²) in [5, 5.41) is 0. The van der Waals surface area contributed by atoms with Crippen molar-refractivity contribution in [2.24, 2.45) is 5.92 Å². The van der Waals surface area contributed by atoms with Crippen molar-refractivity contribution in [1.29, 1.82) is 0 Å². The zero-order chi connectivity index (χ0) is 8.91. The molecule has 11 heavy (non-hydrogen) atoms. The van der Waals surface area contributed by atoms with Gasteiger partial charge in [-0.1, -0.05) is 13.3 Å². The minimum atomic E-state index is -2.36. The van der Waals surface area contributed by atoms with Gasteiger partial charge in [0.25, 0.3) is 0 Å². The maximum Gasteiger partial charge on any atom is 0.341 e. The number of hydrogen-bond acceptors (Lipinski definition) is 0. The molecular weight excluding hydrogens is 242 g/mol. The standard InChI is InChI=1S/C6H12Cl4Si/c1-6(5-7)3-2-4-11(8,9)10/h6H,2-5H2,1H3. The first-order valence-electron chi connectivity index (χ1n) is 3.58. The molecule has 0 N–H and O–H groups in total. The van der Waals surface area contributed by atoms with E-state index < -0.39 is 6.00 Å². The van der Waals surface area contributed by atoms with Gasteiger partial charge in [0.05, 0.1) is 0 Å². The molecule has 0 aliphatic rings. The summed E-state index contributed by atoms with van der Waals surface area (Å²) in [5.41, 5.74) is 0. The minimum absolute atomic E-state index is 0.540. The molecule has 0 fully saturated rings. The van der Waals surface area contributed by atoms with Crippen molar-refractivity contribution < 1.29 is 0 Å². The number of rotatable bonds is 5. The summed E-state index contributed by atoms with van der Waals surface area (Å²) < 4.78 is 0. The third-order valence-electron chi connectivity index (χ3n) is 1.42. The van der Waals surface area contributed by atoms with Crippen molar-refractivity contribution in [3.63, 3.8) is 0 Å². The van der Waals surface area contributed by atoms with Crippen LogP contribution < -0.4 is 0 Å². The monoisotopic (exact) mass is 252 g/mol. The Morgan fingerprint density at radius 2 is 1.82 bits per heavy atom. The van der Waals surface area contributed by atoms with Crippen LogP contribution in [0.4, 0.5) is 0 Å². The summed E-state index contributed by atoms with van der Waals surface area (Å²) in [5.74, 6) is 1.24. The van der Waals surface area contributed by atoms with Gasteiger partial charge >= 0.3 is 6.00 Å². The summed E-state index contributed by atoms with van der Waals surface area (Å²) in [6, 6.07) is -1.61. The molecule has 0 saturated carbocycles. The Kier molecular flexibility index (Phi) is 6.67. The number of hydrogen-bond donors (Lipinski definition) is 0. The molecule has 0 saturated heterocycles. The van der Waals surface area contributed by atoms with E-state index in [1.165, 1.54) is 0 Å². The fourth-order valence-corrected chi connectivity index (χ4v) is 2.69. The lowest BCUT2D eigenvalue weighted by atomic mass is 10.1. The average Bonchev–Trinajstić information content (AvgIpc) is 1.85. The van der Waals surface area contributed by atoms with Gasteiger partial charge in [0, 0.05) is 5.88 Å². The summed E-state index contributed by atoms with van der Waals surface area (Å²) >= 11 is 22.7. The molecule has 0 nitrogen and oxygen atoms in total. The second-order valence-corrected chi connectivity index (χ2v) is 12.4. The molecule has 1 unspecified atom stereocenters. The van der Waals surface area contributed by atoms with Gasteiger partial charge in [0.1, 0.15) is 0 Å². The molecule has 0 radical (unpaired) electrons. The molecule has 0 spiro atoms. The molecule has 5 heteroatoms. The van der Waals surface area contributed by atoms with Crippen molar-refractivity contribution in [3.05, 3.63) is 0 Å². The SMILES string of the molecule is CC(CCl)CCC[Si](Cl)(Cl)Cl. The van der Waals surface area contributed by atoms with Gasteiger partial charge in [-0.25, -0.2) is 0 Å². The molecule has 0 aromatic heterocycles. The van der Waals surface area contributed by atoms with Crippen LogP contribution in [0.15, 0.2) is 0 Å². The van der Waals surface area contributed by atoms with Crippen LogP contribution in [-0.4, -0.2) is 11.9 Å². The molecule has 0 bridgehead atoms. The van der Waals surface area contributed by atoms with E-state index >= 15 is 0 Å². The van der Waals surface area contributed by atoms with E-state index in [2.05, 4.69) is 6.92 Å². The van der Waals surface area contributed by atoms with Crippen LogP contribution in [-0.2, 0) is 0 Å². The lowest BCUT2D eigenvalue weighted by Gasteiger charge is -2.09. The third-order valence-corrected chi connectivity index (χ3v) is 4.57. The highest BCUT2D eigenvalue weighted by atomic mass is 35.8. The Bertz CT molecular complexity index is 101. The molecule has 0 aromatic rings. The molecular formula is C6H12Cl4Si. The Hall–Kier alpha value is 1.38. The average molecular weight is 254 g/mol. The molecule has 0 aromatic carbocycles. The van der Waals surface area contributed by atoms with E-state index in [9.17, 15) is 0 Å². The molecule has 68 valence electrons. The molecule has 1 atom stereocenters. The molecule has 0 heterocycles. The van der Waals surface area contributed by atoms with Crippen molar-refractivity contribution in [2.75, 3.05) is 5.88 Å². The van der Waals surface area contributed by atoms with Crippen molar-refractivity contribution >= 4 is 50.8 Å². The quantitative estimate of drug-likeness (QED) is 0.390. The van der Waals surface area contributed by atoms with Crippen LogP contribution in [0.1, 0.15) is 19.8 Å². The predicted molar refractivity (Wildman–Crippen MR) is 57.2 cm³/mol. The van der Waals surface area contributed by atoms with Gasteiger partial charge in [-0.05, 0) is 18.4 Å². The fourth-order valence-electron chi connectivity index (χ4n) is 0.728. The molecule has 0 amide bonds. The van der Waals surface area contributed by atoms with Crippen LogP contribution in [0.3, 0.4) is 0 Å². The van der Waals surface area contributed by atoms with Crippen molar-refractivity contribution in [1.82, 2.24) is 0 Å². The van der Waals surface area contributed by atoms with E-state index in [-0.39, 0.29) is 0 Å². The molecule has 0 aliphatic carbocycles. The van der Waals surface area contributed by atoms with Gasteiger partial charge in [-0.3, -0.25) is 0 Å². The zero-order valence-electron chi connectivity index (χ0n) is 6.42. The first-order valence-corrected chi connectivity index (χ1v) is 9.36. The van der Waals surface area contributed by atoms with E-state index in [0.29, 0.717) is 11.8 Å². The van der Waals surface area contributed by atoms with Gasteiger partial charge in [-0.2, -0.15) is 0 Å².